The molecule has 0 bridgehead atoms. The van der Waals surface area contributed by atoms with Gasteiger partial charge in [-0.15, -0.1) is 0 Å². The second kappa shape index (κ2) is 15.7. The Morgan fingerprint density at radius 1 is 1.10 bits per heavy atom. The molecule has 0 aliphatic carbocycles. The van der Waals surface area contributed by atoms with E-state index in [0.29, 0.717) is 38.5 Å². The Morgan fingerprint density at radius 2 is 1.87 bits per heavy atom. The molecule has 0 saturated carbocycles. The smallest absolute Gasteiger partial charge is 0.251 e. The third kappa shape index (κ3) is 8.43. The van der Waals surface area contributed by atoms with Crippen molar-refractivity contribution in [2.24, 2.45) is 0 Å². The van der Waals surface area contributed by atoms with Crippen LogP contribution in [0.1, 0.15) is 43.1 Å². The predicted molar refractivity (Wildman–Crippen MR) is 154 cm³/mol. The first-order valence-electron chi connectivity index (χ1n) is 13.6. The van der Waals surface area contributed by atoms with Crippen LogP contribution in [0.3, 0.4) is 0 Å². The number of nitrogens with zero attached hydrogens (tertiary/aromatic N) is 1. The number of hydrogen-bond donors (Lipinski definition) is 2. The Morgan fingerprint density at radius 3 is 2.56 bits per heavy atom. The lowest BCUT2D eigenvalue weighted by atomic mass is 10.0. The van der Waals surface area contributed by atoms with Crippen molar-refractivity contribution in [2.45, 2.75) is 39.7 Å². The number of ether oxygens (including phenoxy) is 3. The molecule has 1 atom stereocenters. The molecule has 210 valence electrons. The molecule has 8 nitrogen and oxygen atoms in total. The number of amides is 2. The molecular formula is C31H41N3O5. The number of rotatable bonds is 14. The Balaban J connectivity index is 1.50. The van der Waals surface area contributed by atoms with Gasteiger partial charge >= 0.3 is 0 Å². The number of nitrogens with one attached hydrogen (secondary N) is 2. The van der Waals surface area contributed by atoms with Crippen LogP contribution in [-0.2, 0) is 20.7 Å². The molecule has 1 heterocycles. The van der Waals surface area contributed by atoms with Crippen LogP contribution in [0.4, 0.5) is 5.69 Å². The van der Waals surface area contributed by atoms with Gasteiger partial charge in [-0.05, 0) is 62.2 Å². The van der Waals surface area contributed by atoms with Crippen LogP contribution in [0.5, 0.6) is 5.75 Å². The number of carbonyl (C=O) groups excluding carboxylic acids is 2. The second-order valence-corrected chi connectivity index (χ2v) is 9.19. The summed E-state index contributed by atoms with van der Waals surface area (Å²) in [4.78, 5) is 27.4. The van der Waals surface area contributed by atoms with Crippen LogP contribution in [-0.4, -0.2) is 64.4 Å². The Labute approximate surface area is 232 Å². The third-order valence-electron chi connectivity index (χ3n) is 6.65. The van der Waals surface area contributed by atoms with E-state index in [1.807, 2.05) is 81.5 Å². The van der Waals surface area contributed by atoms with Crippen LogP contribution in [0.2, 0.25) is 0 Å². The summed E-state index contributed by atoms with van der Waals surface area (Å²) in [6, 6.07) is 14.9. The molecule has 3 rings (SSSR count). The molecule has 1 aliphatic rings. The van der Waals surface area contributed by atoms with Gasteiger partial charge in [-0.3, -0.25) is 9.59 Å². The average Bonchev–Trinajstić information content (AvgIpc) is 2.97. The van der Waals surface area contributed by atoms with E-state index in [1.54, 1.807) is 12.0 Å². The minimum absolute atomic E-state index is 0.0321. The van der Waals surface area contributed by atoms with Crippen LogP contribution in [0.25, 0.3) is 0 Å². The quantitative estimate of drug-likeness (QED) is 0.213. The van der Waals surface area contributed by atoms with E-state index in [-0.39, 0.29) is 24.4 Å². The lowest BCUT2D eigenvalue weighted by Crippen LogP contribution is -2.58. The highest BCUT2D eigenvalue weighted by Gasteiger charge is 2.29. The fourth-order valence-electron chi connectivity index (χ4n) is 4.57. The highest BCUT2D eigenvalue weighted by atomic mass is 16.5. The van der Waals surface area contributed by atoms with Crippen molar-refractivity contribution in [2.75, 3.05) is 51.5 Å². The molecule has 0 radical (unpaired) electrons. The highest BCUT2D eigenvalue weighted by Crippen LogP contribution is 2.23. The van der Waals surface area contributed by atoms with Gasteiger partial charge in [0.25, 0.3) is 5.91 Å². The fraction of sp³-hybridized carbons (Fsp3) is 0.419. The Kier molecular flexibility index (Phi) is 12.1. The summed E-state index contributed by atoms with van der Waals surface area (Å²) in [5.74, 6) is 1.40. The molecule has 0 unspecified atom stereocenters. The standard InChI is InChI=1S/C31H41N3O5/c1-5-23-11-8-9-12-28(23)31(36)33-20-26-19-32-21-30(35)34(26)25-13-15-27(16-14-25)39-18-10-17-38-22-24(6-2)29(7-3)37-4/h6-9,11-16,26,32H,5,10,17-22H2,1-4H3,(H,33,36)/b24-6-,29-7+/t26-/m1/s1. The summed E-state index contributed by atoms with van der Waals surface area (Å²) in [5, 5.41) is 6.18. The molecule has 2 N–H and O–H groups in total. The van der Waals surface area contributed by atoms with E-state index in [9.17, 15) is 9.59 Å². The SMILES string of the molecule is C/C=C(COCCCOc1ccc(N2C(=O)CNC[C@@H]2CNC(=O)c2ccccc2CC)cc1)\C(=C/C)OC. The van der Waals surface area contributed by atoms with E-state index in [1.165, 1.54) is 0 Å². The number of methoxy groups -OCH3 is 1. The van der Waals surface area contributed by atoms with Gasteiger partial charge in [0.05, 0.1) is 39.5 Å². The van der Waals surface area contributed by atoms with Gasteiger partial charge in [-0.2, -0.15) is 0 Å². The Hall–Kier alpha value is -3.62. The molecule has 39 heavy (non-hydrogen) atoms. The normalized spacial score (nSPS) is 16.3. The van der Waals surface area contributed by atoms with Crippen LogP contribution < -0.4 is 20.3 Å². The van der Waals surface area contributed by atoms with Crippen molar-refractivity contribution in [3.8, 4) is 5.75 Å². The summed E-state index contributed by atoms with van der Waals surface area (Å²) < 4.78 is 17.0. The monoisotopic (exact) mass is 535 g/mol. The lowest BCUT2D eigenvalue weighted by Gasteiger charge is -2.36. The summed E-state index contributed by atoms with van der Waals surface area (Å²) in [6.45, 7) is 8.71. The maximum atomic E-state index is 12.8. The van der Waals surface area contributed by atoms with Gasteiger partial charge in [-0.25, -0.2) is 0 Å². The minimum atomic E-state index is -0.198. The zero-order chi connectivity index (χ0) is 28.0. The van der Waals surface area contributed by atoms with Crippen LogP contribution in [0.15, 0.2) is 72.0 Å². The van der Waals surface area contributed by atoms with Crippen molar-refractivity contribution >= 4 is 17.5 Å². The molecule has 1 aliphatic heterocycles. The number of hydrogen-bond acceptors (Lipinski definition) is 6. The number of benzene rings is 2. The number of carbonyl (C=O) groups is 2. The van der Waals surface area contributed by atoms with E-state index in [0.717, 1.165) is 41.2 Å². The maximum Gasteiger partial charge on any atom is 0.251 e. The van der Waals surface area contributed by atoms with Gasteiger partial charge < -0.3 is 29.7 Å². The minimum Gasteiger partial charge on any atom is -0.497 e. The molecule has 1 fully saturated rings. The number of allylic oxidation sites excluding steroid dienone is 2. The summed E-state index contributed by atoms with van der Waals surface area (Å²) in [7, 11) is 1.65. The summed E-state index contributed by atoms with van der Waals surface area (Å²) >= 11 is 0. The van der Waals surface area contributed by atoms with Crippen LogP contribution in [0, 0.1) is 0 Å². The summed E-state index contributed by atoms with van der Waals surface area (Å²) in [5.41, 5.74) is 3.47. The largest absolute Gasteiger partial charge is 0.497 e. The van der Waals surface area contributed by atoms with E-state index in [4.69, 9.17) is 14.2 Å². The first-order valence-corrected chi connectivity index (χ1v) is 13.6. The Bertz CT molecular complexity index is 1140. The highest BCUT2D eigenvalue weighted by molar-refractivity contribution is 5.97. The lowest BCUT2D eigenvalue weighted by molar-refractivity contribution is -0.119. The fourth-order valence-corrected chi connectivity index (χ4v) is 4.57. The average molecular weight is 536 g/mol. The number of piperazine rings is 1. The van der Waals surface area contributed by atoms with Gasteiger partial charge in [0, 0.05) is 36.3 Å². The van der Waals surface area contributed by atoms with Crippen LogP contribution >= 0.6 is 0 Å². The molecular weight excluding hydrogens is 494 g/mol. The zero-order valence-electron chi connectivity index (χ0n) is 23.5. The number of aryl methyl sites for hydroxylation is 1. The molecule has 1 saturated heterocycles. The molecule has 2 aromatic rings. The second-order valence-electron chi connectivity index (χ2n) is 9.19. The maximum absolute atomic E-state index is 12.8. The molecule has 2 amide bonds. The molecule has 0 aromatic heterocycles. The summed E-state index contributed by atoms with van der Waals surface area (Å²) in [6.07, 6.45) is 5.44. The number of anilines is 1. The molecule has 0 spiro atoms. The third-order valence-corrected chi connectivity index (χ3v) is 6.65. The molecule has 2 aromatic carbocycles. The topological polar surface area (TPSA) is 89.1 Å². The van der Waals surface area contributed by atoms with Crippen molar-refractivity contribution in [3.05, 3.63) is 83.1 Å². The zero-order valence-corrected chi connectivity index (χ0v) is 23.5. The van der Waals surface area contributed by atoms with E-state index in [2.05, 4.69) is 10.6 Å². The first kappa shape index (κ1) is 29.9. The van der Waals surface area contributed by atoms with Gasteiger partial charge in [-0.1, -0.05) is 31.2 Å². The van der Waals surface area contributed by atoms with Gasteiger partial charge in [0.1, 0.15) is 11.5 Å². The van der Waals surface area contributed by atoms with E-state index >= 15 is 0 Å². The van der Waals surface area contributed by atoms with Crippen molar-refractivity contribution < 1.29 is 23.8 Å². The first-order chi connectivity index (χ1) is 19.0. The van der Waals surface area contributed by atoms with E-state index < -0.39 is 0 Å². The predicted octanol–water partition coefficient (Wildman–Crippen LogP) is 4.27. The van der Waals surface area contributed by atoms with Crippen molar-refractivity contribution in [3.63, 3.8) is 0 Å². The van der Waals surface area contributed by atoms with Gasteiger partial charge in [0.2, 0.25) is 5.91 Å². The van der Waals surface area contributed by atoms with Crippen molar-refractivity contribution in [1.29, 1.82) is 0 Å². The van der Waals surface area contributed by atoms with Crippen molar-refractivity contribution in [1.82, 2.24) is 10.6 Å². The molecule has 8 heteroatoms. The van der Waals surface area contributed by atoms with Gasteiger partial charge in [0.15, 0.2) is 0 Å².